The van der Waals surface area contributed by atoms with E-state index in [1.54, 1.807) is 19.2 Å². The second kappa shape index (κ2) is 8.71. The number of primary amides is 1. The van der Waals surface area contributed by atoms with Crippen LogP contribution in [0, 0.1) is 0 Å². The minimum Gasteiger partial charge on any atom is -0.368 e. The smallest absolute Gasteiger partial charge is 0.251 e. The van der Waals surface area contributed by atoms with Crippen LogP contribution in [-0.2, 0) is 11.3 Å². The van der Waals surface area contributed by atoms with E-state index < -0.39 is 5.91 Å². The Hall–Kier alpha value is -2.83. The molecule has 0 heterocycles. The lowest BCUT2D eigenvalue weighted by atomic mass is 10.1. The number of rotatable bonds is 6. The maximum absolute atomic E-state index is 11.8. The number of amides is 2. The van der Waals surface area contributed by atoms with Crippen LogP contribution in [0.5, 0.6) is 0 Å². The summed E-state index contributed by atoms with van der Waals surface area (Å²) in [4.78, 5) is 26.7. The number of hydrogen-bond donors (Lipinski definition) is 4. The van der Waals surface area contributed by atoms with Crippen molar-refractivity contribution >= 4 is 17.8 Å². The molecule has 0 saturated carbocycles. The Morgan fingerprint density at radius 2 is 1.83 bits per heavy atom. The van der Waals surface area contributed by atoms with Gasteiger partial charge >= 0.3 is 0 Å². The molecule has 1 aromatic carbocycles. The van der Waals surface area contributed by atoms with E-state index in [1.165, 1.54) is 0 Å². The van der Waals surface area contributed by atoms with Crippen molar-refractivity contribution in [1.82, 2.24) is 16.0 Å². The van der Waals surface area contributed by atoms with Gasteiger partial charge in [0, 0.05) is 25.2 Å². The first kappa shape index (κ1) is 17.5. The van der Waals surface area contributed by atoms with E-state index in [0.29, 0.717) is 18.2 Å². The quantitative estimate of drug-likeness (QED) is 0.341. The van der Waals surface area contributed by atoms with Gasteiger partial charge in [-0.25, -0.2) is 0 Å². The second-order valence-electron chi connectivity index (χ2n) is 5.56. The molecule has 2 rings (SSSR count). The standard InChI is InChI=1S/C17H23N5O2/c1-19-17(22-14-4-2-3-5-14)21-10-12-6-8-13(9-7-12)16(24)20-11-15(18)23/h2-3,6-9,14H,4-5,10-11H2,1H3,(H2,18,23)(H,20,24)(H2,19,21,22). The molecule has 24 heavy (non-hydrogen) atoms. The molecule has 128 valence electrons. The van der Waals surface area contributed by atoms with Gasteiger partial charge in [-0.05, 0) is 30.5 Å². The van der Waals surface area contributed by atoms with E-state index in [-0.39, 0.29) is 12.5 Å². The van der Waals surface area contributed by atoms with E-state index in [1.807, 2.05) is 12.1 Å². The number of hydrogen-bond acceptors (Lipinski definition) is 3. The van der Waals surface area contributed by atoms with Crippen LogP contribution in [0.15, 0.2) is 41.4 Å². The lowest BCUT2D eigenvalue weighted by Crippen LogP contribution is -2.42. The van der Waals surface area contributed by atoms with Crippen LogP contribution in [0.3, 0.4) is 0 Å². The largest absolute Gasteiger partial charge is 0.368 e. The van der Waals surface area contributed by atoms with Crippen LogP contribution >= 0.6 is 0 Å². The molecule has 1 aliphatic rings. The maximum atomic E-state index is 11.8. The van der Waals surface area contributed by atoms with Gasteiger partial charge in [0.05, 0.1) is 6.54 Å². The Morgan fingerprint density at radius 1 is 1.17 bits per heavy atom. The van der Waals surface area contributed by atoms with E-state index >= 15 is 0 Å². The molecule has 5 N–H and O–H groups in total. The molecule has 0 spiro atoms. The van der Waals surface area contributed by atoms with Crippen LogP contribution < -0.4 is 21.7 Å². The van der Waals surface area contributed by atoms with Crippen LogP contribution in [0.4, 0.5) is 0 Å². The second-order valence-corrected chi connectivity index (χ2v) is 5.56. The predicted octanol–water partition coefficient (Wildman–Crippen LogP) is 0.285. The zero-order valence-corrected chi connectivity index (χ0v) is 13.7. The van der Waals surface area contributed by atoms with Crippen molar-refractivity contribution in [2.24, 2.45) is 10.7 Å². The highest BCUT2D eigenvalue weighted by molar-refractivity contribution is 5.96. The first-order valence-electron chi connectivity index (χ1n) is 7.86. The zero-order chi connectivity index (χ0) is 17.4. The molecule has 0 fully saturated rings. The maximum Gasteiger partial charge on any atom is 0.251 e. The van der Waals surface area contributed by atoms with Crippen LogP contribution in [0.2, 0.25) is 0 Å². The van der Waals surface area contributed by atoms with Gasteiger partial charge in [-0.2, -0.15) is 0 Å². The highest BCUT2D eigenvalue weighted by atomic mass is 16.2. The van der Waals surface area contributed by atoms with Gasteiger partial charge in [0.25, 0.3) is 5.91 Å². The van der Waals surface area contributed by atoms with E-state index in [0.717, 1.165) is 24.4 Å². The summed E-state index contributed by atoms with van der Waals surface area (Å²) >= 11 is 0. The lowest BCUT2D eigenvalue weighted by molar-refractivity contribution is -0.117. The Morgan fingerprint density at radius 3 is 2.42 bits per heavy atom. The summed E-state index contributed by atoms with van der Waals surface area (Å²) in [5, 5.41) is 9.07. The molecule has 0 unspecified atom stereocenters. The molecule has 7 nitrogen and oxygen atoms in total. The molecule has 0 atom stereocenters. The third-order valence-electron chi connectivity index (χ3n) is 3.67. The summed E-state index contributed by atoms with van der Waals surface area (Å²) in [5.74, 6) is -0.132. The van der Waals surface area contributed by atoms with Crippen molar-refractivity contribution in [3.63, 3.8) is 0 Å². The Kier molecular flexibility index (Phi) is 6.36. The first-order chi connectivity index (χ1) is 11.6. The monoisotopic (exact) mass is 329 g/mol. The molecule has 1 aliphatic carbocycles. The molecule has 7 heteroatoms. The van der Waals surface area contributed by atoms with Crippen molar-refractivity contribution in [3.05, 3.63) is 47.5 Å². The number of benzene rings is 1. The Labute approximate surface area is 141 Å². The fraction of sp³-hybridized carbons (Fsp3) is 0.353. The fourth-order valence-corrected chi connectivity index (χ4v) is 2.35. The molecule has 0 aromatic heterocycles. The topological polar surface area (TPSA) is 109 Å². The van der Waals surface area contributed by atoms with Crippen molar-refractivity contribution < 1.29 is 9.59 Å². The third kappa shape index (κ3) is 5.42. The molecule has 0 aliphatic heterocycles. The van der Waals surface area contributed by atoms with Crippen LogP contribution in [0.1, 0.15) is 28.8 Å². The molecule has 0 radical (unpaired) electrons. The van der Waals surface area contributed by atoms with Crippen LogP contribution in [0.25, 0.3) is 0 Å². The summed E-state index contributed by atoms with van der Waals surface area (Å²) in [6.07, 6.45) is 6.34. The molecule has 2 amide bonds. The van der Waals surface area contributed by atoms with Crippen molar-refractivity contribution in [2.75, 3.05) is 13.6 Å². The van der Waals surface area contributed by atoms with Crippen LogP contribution in [-0.4, -0.2) is 37.4 Å². The zero-order valence-electron chi connectivity index (χ0n) is 13.7. The minimum atomic E-state index is -0.569. The molecular weight excluding hydrogens is 306 g/mol. The van der Waals surface area contributed by atoms with Gasteiger partial charge in [0.2, 0.25) is 5.91 Å². The van der Waals surface area contributed by atoms with E-state index in [2.05, 4.69) is 33.1 Å². The van der Waals surface area contributed by atoms with Gasteiger partial charge in [-0.1, -0.05) is 24.3 Å². The summed E-state index contributed by atoms with van der Waals surface area (Å²) in [7, 11) is 1.74. The first-order valence-corrected chi connectivity index (χ1v) is 7.86. The average molecular weight is 329 g/mol. The van der Waals surface area contributed by atoms with Gasteiger partial charge in [0.15, 0.2) is 5.96 Å². The highest BCUT2D eigenvalue weighted by Gasteiger charge is 2.11. The summed E-state index contributed by atoms with van der Waals surface area (Å²) < 4.78 is 0. The number of nitrogens with one attached hydrogen (secondary N) is 3. The van der Waals surface area contributed by atoms with Gasteiger partial charge in [0.1, 0.15) is 0 Å². The van der Waals surface area contributed by atoms with Gasteiger partial charge < -0.3 is 21.7 Å². The van der Waals surface area contributed by atoms with Crippen molar-refractivity contribution in [3.8, 4) is 0 Å². The predicted molar refractivity (Wildman–Crippen MR) is 93.5 cm³/mol. The Bertz CT molecular complexity index is 629. The highest BCUT2D eigenvalue weighted by Crippen LogP contribution is 2.09. The number of nitrogens with zero attached hydrogens (tertiary/aromatic N) is 1. The van der Waals surface area contributed by atoms with Crippen molar-refractivity contribution in [1.29, 1.82) is 0 Å². The normalized spacial score (nSPS) is 14.5. The van der Waals surface area contributed by atoms with Gasteiger partial charge in [-0.3, -0.25) is 14.6 Å². The molecule has 1 aromatic rings. The molecular formula is C17H23N5O2. The number of guanidine groups is 1. The number of carbonyl (C=O) groups excluding carboxylic acids is 2. The summed E-state index contributed by atoms with van der Waals surface area (Å²) in [6, 6.07) is 7.54. The van der Waals surface area contributed by atoms with Crippen molar-refractivity contribution in [2.45, 2.75) is 25.4 Å². The summed E-state index contributed by atoms with van der Waals surface area (Å²) in [5.41, 5.74) is 6.51. The molecule has 0 saturated heterocycles. The number of aliphatic imine (C=N–C) groups is 1. The fourth-order valence-electron chi connectivity index (χ4n) is 2.35. The van der Waals surface area contributed by atoms with E-state index in [9.17, 15) is 9.59 Å². The number of carbonyl (C=O) groups is 2. The SMILES string of the molecule is CN=C(NCc1ccc(C(=O)NCC(N)=O)cc1)NC1CC=CC1. The average Bonchev–Trinajstić information content (AvgIpc) is 3.10. The molecule has 0 bridgehead atoms. The minimum absolute atomic E-state index is 0.167. The summed E-state index contributed by atoms with van der Waals surface area (Å²) in [6.45, 7) is 0.434. The Balaban J connectivity index is 1.82. The van der Waals surface area contributed by atoms with Gasteiger partial charge in [-0.15, -0.1) is 0 Å². The number of nitrogens with two attached hydrogens (primary N) is 1. The third-order valence-corrected chi connectivity index (χ3v) is 3.67. The lowest BCUT2D eigenvalue weighted by Gasteiger charge is -2.17. The van der Waals surface area contributed by atoms with E-state index in [4.69, 9.17) is 5.73 Å².